The predicted octanol–water partition coefficient (Wildman–Crippen LogP) is 1.58. The predicted molar refractivity (Wildman–Crippen MR) is 99.8 cm³/mol. The summed E-state index contributed by atoms with van der Waals surface area (Å²) >= 11 is 0. The molecule has 2 amide bonds. The molecule has 1 unspecified atom stereocenters. The van der Waals surface area contributed by atoms with Crippen LogP contribution in [0.4, 0.5) is 0 Å². The molecule has 25 heavy (non-hydrogen) atoms. The Kier molecular flexibility index (Phi) is 9.96. The van der Waals surface area contributed by atoms with Crippen LogP contribution in [0.3, 0.4) is 0 Å². The zero-order valence-corrected chi connectivity index (χ0v) is 15.3. The lowest BCUT2D eigenvalue weighted by Crippen LogP contribution is -2.47. The number of carbonyl (C=O) groups is 2. The van der Waals surface area contributed by atoms with E-state index >= 15 is 0 Å². The van der Waals surface area contributed by atoms with Crippen molar-refractivity contribution in [2.75, 3.05) is 32.8 Å². The van der Waals surface area contributed by atoms with Gasteiger partial charge in [-0.25, -0.2) is 0 Å². The average Bonchev–Trinajstić information content (AvgIpc) is 2.64. The summed E-state index contributed by atoms with van der Waals surface area (Å²) in [5.41, 5.74) is 5.44. The number of rotatable bonds is 8. The maximum absolute atomic E-state index is 12.3. The SMILES string of the molecule is Cl.NCCCCNC(=O)C1CCCN(C(=O)COc2ccccc2)C1. The highest BCUT2D eigenvalue weighted by molar-refractivity contribution is 5.85. The molecule has 1 aliphatic heterocycles. The number of ether oxygens (including phenoxy) is 1. The van der Waals surface area contributed by atoms with Gasteiger partial charge in [-0.3, -0.25) is 9.59 Å². The van der Waals surface area contributed by atoms with Crippen LogP contribution in [0.15, 0.2) is 30.3 Å². The van der Waals surface area contributed by atoms with Gasteiger partial charge in [0.2, 0.25) is 5.91 Å². The molecule has 1 aliphatic rings. The minimum atomic E-state index is -0.127. The second-order valence-corrected chi connectivity index (χ2v) is 6.07. The molecule has 2 rings (SSSR count). The van der Waals surface area contributed by atoms with E-state index in [-0.39, 0.29) is 36.7 Å². The third kappa shape index (κ3) is 7.32. The van der Waals surface area contributed by atoms with Crippen LogP contribution in [-0.4, -0.2) is 49.5 Å². The number of nitrogens with zero attached hydrogens (tertiary/aromatic N) is 1. The molecule has 6 nitrogen and oxygen atoms in total. The first-order valence-corrected chi connectivity index (χ1v) is 8.64. The van der Waals surface area contributed by atoms with Gasteiger partial charge in [-0.1, -0.05) is 18.2 Å². The summed E-state index contributed by atoms with van der Waals surface area (Å²) in [6.45, 7) is 2.46. The van der Waals surface area contributed by atoms with Crippen LogP contribution in [-0.2, 0) is 9.59 Å². The van der Waals surface area contributed by atoms with Crippen LogP contribution >= 0.6 is 12.4 Å². The smallest absolute Gasteiger partial charge is 0.260 e. The van der Waals surface area contributed by atoms with Gasteiger partial charge in [0.05, 0.1) is 5.92 Å². The Hall–Kier alpha value is -1.79. The molecule has 140 valence electrons. The molecule has 1 aromatic carbocycles. The summed E-state index contributed by atoms with van der Waals surface area (Å²) < 4.78 is 5.50. The molecule has 0 saturated carbocycles. The van der Waals surface area contributed by atoms with E-state index in [2.05, 4.69) is 5.32 Å². The van der Waals surface area contributed by atoms with Crippen LogP contribution < -0.4 is 15.8 Å². The lowest BCUT2D eigenvalue weighted by Gasteiger charge is -2.32. The van der Waals surface area contributed by atoms with Gasteiger partial charge in [-0.2, -0.15) is 0 Å². The molecular formula is C18H28ClN3O3. The zero-order valence-electron chi connectivity index (χ0n) is 14.5. The fourth-order valence-electron chi connectivity index (χ4n) is 2.80. The molecular weight excluding hydrogens is 342 g/mol. The number of benzene rings is 1. The number of para-hydroxylation sites is 1. The number of carbonyl (C=O) groups excluding carboxylic acids is 2. The van der Waals surface area contributed by atoms with E-state index in [0.29, 0.717) is 31.9 Å². The van der Waals surface area contributed by atoms with E-state index in [0.717, 1.165) is 25.7 Å². The summed E-state index contributed by atoms with van der Waals surface area (Å²) in [5.74, 6) is 0.516. The zero-order chi connectivity index (χ0) is 17.2. The van der Waals surface area contributed by atoms with Crippen molar-refractivity contribution in [1.29, 1.82) is 0 Å². The van der Waals surface area contributed by atoms with Gasteiger partial charge in [-0.15, -0.1) is 12.4 Å². The van der Waals surface area contributed by atoms with E-state index in [1.165, 1.54) is 0 Å². The summed E-state index contributed by atoms with van der Waals surface area (Å²) in [7, 11) is 0. The first kappa shape index (κ1) is 21.3. The van der Waals surface area contributed by atoms with Gasteiger partial charge in [0.15, 0.2) is 6.61 Å². The normalized spacial score (nSPS) is 16.7. The first-order valence-electron chi connectivity index (χ1n) is 8.64. The monoisotopic (exact) mass is 369 g/mol. The molecule has 1 aromatic rings. The van der Waals surface area contributed by atoms with Crippen molar-refractivity contribution in [1.82, 2.24) is 10.2 Å². The number of unbranched alkanes of at least 4 members (excludes halogenated alkanes) is 1. The van der Waals surface area contributed by atoms with Gasteiger partial charge >= 0.3 is 0 Å². The lowest BCUT2D eigenvalue weighted by atomic mass is 9.97. The fourth-order valence-corrected chi connectivity index (χ4v) is 2.80. The average molecular weight is 370 g/mol. The Morgan fingerprint density at radius 1 is 1.24 bits per heavy atom. The van der Waals surface area contributed by atoms with E-state index < -0.39 is 0 Å². The molecule has 1 fully saturated rings. The summed E-state index contributed by atoms with van der Waals surface area (Å²) in [6, 6.07) is 9.27. The molecule has 0 aromatic heterocycles. The van der Waals surface area contributed by atoms with Gasteiger partial charge in [0, 0.05) is 19.6 Å². The number of piperidine rings is 1. The maximum atomic E-state index is 12.3. The van der Waals surface area contributed by atoms with Crippen LogP contribution in [0.5, 0.6) is 5.75 Å². The Labute approximate surface area is 155 Å². The van der Waals surface area contributed by atoms with Crippen LogP contribution in [0.25, 0.3) is 0 Å². The number of nitrogens with one attached hydrogen (secondary N) is 1. The highest BCUT2D eigenvalue weighted by atomic mass is 35.5. The summed E-state index contributed by atoms with van der Waals surface area (Å²) in [4.78, 5) is 26.2. The van der Waals surface area contributed by atoms with Crippen molar-refractivity contribution in [2.24, 2.45) is 11.7 Å². The number of halogens is 1. The molecule has 1 atom stereocenters. The Balaban J connectivity index is 0.00000312. The molecule has 0 spiro atoms. The topological polar surface area (TPSA) is 84.7 Å². The molecule has 7 heteroatoms. The van der Waals surface area contributed by atoms with Crippen molar-refractivity contribution in [3.05, 3.63) is 30.3 Å². The standard InChI is InChI=1S/C18H27N3O3.ClH/c19-10-4-5-11-20-18(23)15-7-6-12-21(13-15)17(22)14-24-16-8-2-1-3-9-16;/h1-3,8-9,15H,4-7,10-14,19H2,(H,20,23);1H. The number of hydrogen-bond donors (Lipinski definition) is 2. The number of hydrogen-bond acceptors (Lipinski definition) is 4. The van der Waals surface area contributed by atoms with Gasteiger partial charge < -0.3 is 20.7 Å². The Bertz CT molecular complexity index is 528. The second kappa shape index (κ2) is 11.7. The molecule has 0 radical (unpaired) electrons. The van der Waals surface area contributed by atoms with Crippen LogP contribution in [0.1, 0.15) is 25.7 Å². The van der Waals surface area contributed by atoms with Gasteiger partial charge in [-0.05, 0) is 44.4 Å². The van der Waals surface area contributed by atoms with E-state index in [9.17, 15) is 9.59 Å². The summed E-state index contributed by atoms with van der Waals surface area (Å²) in [5, 5.41) is 2.94. The summed E-state index contributed by atoms with van der Waals surface area (Å²) in [6.07, 6.45) is 3.47. The van der Waals surface area contributed by atoms with Gasteiger partial charge in [0.1, 0.15) is 5.75 Å². The number of nitrogens with two attached hydrogens (primary N) is 1. The van der Waals surface area contributed by atoms with E-state index in [4.69, 9.17) is 10.5 Å². The highest BCUT2D eigenvalue weighted by Gasteiger charge is 2.28. The van der Waals surface area contributed by atoms with Crippen molar-refractivity contribution < 1.29 is 14.3 Å². The van der Waals surface area contributed by atoms with Crippen LogP contribution in [0.2, 0.25) is 0 Å². The highest BCUT2D eigenvalue weighted by Crippen LogP contribution is 2.17. The lowest BCUT2D eigenvalue weighted by molar-refractivity contribution is -0.137. The molecule has 3 N–H and O–H groups in total. The molecule has 1 heterocycles. The Morgan fingerprint density at radius 2 is 2.00 bits per heavy atom. The quantitative estimate of drug-likeness (QED) is 0.681. The van der Waals surface area contributed by atoms with Gasteiger partial charge in [0.25, 0.3) is 5.91 Å². The van der Waals surface area contributed by atoms with E-state index in [1.54, 1.807) is 4.90 Å². The number of amides is 2. The van der Waals surface area contributed by atoms with Crippen LogP contribution in [0, 0.1) is 5.92 Å². The first-order chi connectivity index (χ1) is 11.7. The third-order valence-electron chi connectivity index (χ3n) is 4.18. The van der Waals surface area contributed by atoms with Crippen molar-refractivity contribution in [3.8, 4) is 5.75 Å². The Morgan fingerprint density at radius 3 is 2.72 bits per heavy atom. The molecule has 0 aliphatic carbocycles. The molecule has 0 bridgehead atoms. The number of likely N-dealkylation sites (tertiary alicyclic amines) is 1. The largest absolute Gasteiger partial charge is 0.484 e. The molecule has 1 saturated heterocycles. The van der Waals surface area contributed by atoms with Crippen molar-refractivity contribution in [2.45, 2.75) is 25.7 Å². The minimum Gasteiger partial charge on any atom is -0.484 e. The van der Waals surface area contributed by atoms with Crippen molar-refractivity contribution in [3.63, 3.8) is 0 Å². The maximum Gasteiger partial charge on any atom is 0.260 e. The second-order valence-electron chi connectivity index (χ2n) is 6.07. The fraction of sp³-hybridized carbons (Fsp3) is 0.556. The van der Waals surface area contributed by atoms with Crippen molar-refractivity contribution >= 4 is 24.2 Å². The minimum absolute atomic E-state index is 0. The third-order valence-corrected chi connectivity index (χ3v) is 4.18. The van der Waals surface area contributed by atoms with E-state index in [1.807, 2.05) is 30.3 Å².